The molecule has 0 bridgehead atoms. The highest BCUT2D eigenvalue weighted by Gasteiger charge is 2.32. The van der Waals surface area contributed by atoms with E-state index in [0.29, 0.717) is 6.54 Å². The Kier molecular flexibility index (Phi) is 6.40. The van der Waals surface area contributed by atoms with Gasteiger partial charge in [-0.3, -0.25) is 4.90 Å². The lowest BCUT2D eigenvalue weighted by Crippen LogP contribution is -2.55. The SMILES string of the molecule is COC(=O)[C@H]1CN(CC(C)(C)N)C[C@@H](C)O1.Cl. The zero-order valence-electron chi connectivity index (χ0n) is 10.9. The highest BCUT2D eigenvalue weighted by Crippen LogP contribution is 2.14. The fraction of sp³-hybridized carbons (Fsp3) is 0.909. The van der Waals surface area contributed by atoms with Gasteiger partial charge in [0.15, 0.2) is 6.10 Å². The van der Waals surface area contributed by atoms with E-state index in [4.69, 9.17) is 15.2 Å². The Morgan fingerprint density at radius 3 is 2.59 bits per heavy atom. The third kappa shape index (κ3) is 5.68. The molecular weight excluding hydrogens is 244 g/mol. The van der Waals surface area contributed by atoms with E-state index in [9.17, 15) is 4.79 Å². The fourth-order valence-electron chi connectivity index (χ4n) is 2.01. The van der Waals surface area contributed by atoms with Crippen LogP contribution in [-0.4, -0.2) is 55.4 Å². The van der Waals surface area contributed by atoms with Gasteiger partial charge in [-0.05, 0) is 20.8 Å². The first kappa shape index (κ1) is 16.6. The summed E-state index contributed by atoms with van der Waals surface area (Å²) in [6, 6.07) is 0. The number of hydrogen-bond donors (Lipinski definition) is 1. The Hall–Kier alpha value is -0.360. The van der Waals surface area contributed by atoms with Crippen LogP contribution in [0.2, 0.25) is 0 Å². The molecule has 2 atom stereocenters. The lowest BCUT2D eigenvalue weighted by Gasteiger charge is -2.38. The predicted octanol–water partition coefficient (Wildman–Crippen LogP) is 0.408. The Bertz CT molecular complexity index is 256. The molecule has 0 radical (unpaired) electrons. The highest BCUT2D eigenvalue weighted by atomic mass is 35.5. The zero-order valence-corrected chi connectivity index (χ0v) is 11.8. The van der Waals surface area contributed by atoms with E-state index >= 15 is 0 Å². The second-order valence-corrected chi connectivity index (χ2v) is 5.14. The smallest absolute Gasteiger partial charge is 0.336 e. The number of rotatable bonds is 3. The number of hydrogen-bond acceptors (Lipinski definition) is 5. The summed E-state index contributed by atoms with van der Waals surface area (Å²) in [4.78, 5) is 13.6. The number of carbonyl (C=O) groups excluding carboxylic acids is 1. The summed E-state index contributed by atoms with van der Waals surface area (Å²) in [5.74, 6) is -0.314. The zero-order chi connectivity index (χ0) is 12.3. The van der Waals surface area contributed by atoms with Crippen molar-refractivity contribution in [2.24, 2.45) is 5.73 Å². The quantitative estimate of drug-likeness (QED) is 0.750. The molecule has 0 aliphatic carbocycles. The molecule has 1 heterocycles. The summed E-state index contributed by atoms with van der Waals surface area (Å²) in [6.07, 6.45) is -0.462. The largest absolute Gasteiger partial charge is 0.467 e. The lowest BCUT2D eigenvalue weighted by atomic mass is 10.1. The predicted molar refractivity (Wildman–Crippen MR) is 68.3 cm³/mol. The molecule has 0 aromatic heterocycles. The van der Waals surface area contributed by atoms with Crippen LogP contribution in [-0.2, 0) is 14.3 Å². The maximum Gasteiger partial charge on any atom is 0.336 e. The fourth-order valence-corrected chi connectivity index (χ4v) is 2.01. The molecule has 5 nitrogen and oxygen atoms in total. The van der Waals surface area contributed by atoms with Gasteiger partial charge in [0.1, 0.15) is 0 Å². The molecular formula is C11H23ClN2O3. The van der Waals surface area contributed by atoms with Gasteiger partial charge in [0.25, 0.3) is 0 Å². The van der Waals surface area contributed by atoms with Crippen LogP contribution in [0.15, 0.2) is 0 Å². The third-order valence-corrected chi connectivity index (χ3v) is 2.43. The molecule has 102 valence electrons. The number of morpholine rings is 1. The minimum absolute atomic E-state index is 0. The maximum atomic E-state index is 11.4. The Morgan fingerprint density at radius 2 is 2.12 bits per heavy atom. The number of nitrogens with two attached hydrogens (primary N) is 1. The molecule has 0 amide bonds. The molecule has 0 saturated carbocycles. The topological polar surface area (TPSA) is 64.8 Å². The number of carbonyl (C=O) groups is 1. The van der Waals surface area contributed by atoms with Crippen LogP contribution in [0, 0.1) is 0 Å². The van der Waals surface area contributed by atoms with Crippen molar-refractivity contribution < 1.29 is 14.3 Å². The van der Waals surface area contributed by atoms with Gasteiger partial charge in [0.2, 0.25) is 0 Å². The van der Waals surface area contributed by atoms with Gasteiger partial charge in [0, 0.05) is 25.2 Å². The average molecular weight is 267 g/mol. The van der Waals surface area contributed by atoms with Crippen LogP contribution >= 0.6 is 12.4 Å². The lowest BCUT2D eigenvalue weighted by molar-refractivity contribution is -0.166. The Labute approximate surface area is 109 Å². The van der Waals surface area contributed by atoms with Crippen LogP contribution in [0.1, 0.15) is 20.8 Å². The minimum Gasteiger partial charge on any atom is -0.467 e. The second kappa shape index (κ2) is 6.54. The van der Waals surface area contributed by atoms with Crippen molar-refractivity contribution in [1.29, 1.82) is 0 Å². The van der Waals surface area contributed by atoms with Gasteiger partial charge in [-0.15, -0.1) is 12.4 Å². The first-order valence-electron chi connectivity index (χ1n) is 5.56. The van der Waals surface area contributed by atoms with E-state index in [1.807, 2.05) is 20.8 Å². The number of esters is 1. The van der Waals surface area contributed by atoms with E-state index in [2.05, 4.69) is 4.90 Å². The molecule has 0 aromatic carbocycles. The molecule has 1 rings (SSSR count). The Balaban J connectivity index is 0.00000256. The molecule has 1 fully saturated rings. The van der Waals surface area contributed by atoms with Gasteiger partial charge in [-0.25, -0.2) is 4.79 Å². The minimum atomic E-state index is -0.490. The summed E-state index contributed by atoms with van der Waals surface area (Å²) in [6.45, 7) is 7.99. The van der Waals surface area contributed by atoms with Gasteiger partial charge >= 0.3 is 5.97 Å². The molecule has 2 N–H and O–H groups in total. The molecule has 1 aliphatic heterocycles. The monoisotopic (exact) mass is 266 g/mol. The molecule has 6 heteroatoms. The third-order valence-electron chi connectivity index (χ3n) is 2.43. The van der Waals surface area contributed by atoms with Crippen molar-refractivity contribution in [3.8, 4) is 0 Å². The van der Waals surface area contributed by atoms with Crippen molar-refractivity contribution in [3.63, 3.8) is 0 Å². The molecule has 1 saturated heterocycles. The summed E-state index contributed by atoms with van der Waals surface area (Å²) < 4.78 is 10.2. The van der Waals surface area contributed by atoms with E-state index in [1.54, 1.807) is 0 Å². The molecule has 0 unspecified atom stereocenters. The number of methoxy groups -OCH3 is 1. The van der Waals surface area contributed by atoms with Crippen LogP contribution in [0.3, 0.4) is 0 Å². The second-order valence-electron chi connectivity index (χ2n) is 5.14. The molecule has 0 spiro atoms. The van der Waals surface area contributed by atoms with Crippen LogP contribution in [0.5, 0.6) is 0 Å². The van der Waals surface area contributed by atoms with E-state index in [0.717, 1.165) is 13.1 Å². The summed E-state index contributed by atoms with van der Waals surface area (Å²) in [5.41, 5.74) is 5.70. The van der Waals surface area contributed by atoms with Crippen LogP contribution in [0.4, 0.5) is 0 Å². The standard InChI is InChI=1S/C11H22N2O3.ClH/c1-8-5-13(7-11(2,3)12)6-9(16-8)10(14)15-4;/h8-9H,5-7,12H2,1-4H3;1H/t8-,9-;/m1./s1. The number of halogens is 1. The molecule has 0 aromatic rings. The number of ether oxygens (including phenoxy) is 2. The van der Waals surface area contributed by atoms with E-state index in [1.165, 1.54) is 7.11 Å². The summed E-state index contributed by atoms with van der Waals surface area (Å²) >= 11 is 0. The van der Waals surface area contributed by atoms with Crippen molar-refractivity contribution in [1.82, 2.24) is 4.90 Å². The van der Waals surface area contributed by atoms with E-state index < -0.39 is 6.10 Å². The Morgan fingerprint density at radius 1 is 1.53 bits per heavy atom. The van der Waals surface area contributed by atoms with Gasteiger partial charge < -0.3 is 15.2 Å². The van der Waals surface area contributed by atoms with E-state index in [-0.39, 0.29) is 30.0 Å². The first-order chi connectivity index (χ1) is 7.31. The summed E-state index contributed by atoms with van der Waals surface area (Å²) in [5, 5.41) is 0. The molecule has 17 heavy (non-hydrogen) atoms. The van der Waals surface area contributed by atoms with Crippen molar-refractivity contribution in [2.45, 2.75) is 38.5 Å². The average Bonchev–Trinajstić information content (AvgIpc) is 2.12. The van der Waals surface area contributed by atoms with Gasteiger partial charge in [-0.1, -0.05) is 0 Å². The van der Waals surface area contributed by atoms with Gasteiger partial charge in [0.05, 0.1) is 13.2 Å². The molecule has 1 aliphatic rings. The van der Waals surface area contributed by atoms with Crippen LogP contribution in [0.25, 0.3) is 0 Å². The van der Waals surface area contributed by atoms with Gasteiger partial charge in [-0.2, -0.15) is 0 Å². The normalized spacial score (nSPS) is 26.2. The maximum absolute atomic E-state index is 11.4. The summed E-state index contributed by atoms with van der Waals surface area (Å²) in [7, 11) is 1.38. The highest BCUT2D eigenvalue weighted by molar-refractivity contribution is 5.85. The first-order valence-corrected chi connectivity index (χ1v) is 5.56. The number of nitrogens with zero attached hydrogens (tertiary/aromatic N) is 1. The van der Waals surface area contributed by atoms with Crippen molar-refractivity contribution in [3.05, 3.63) is 0 Å². The van der Waals surface area contributed by atoms with Crippen molar-refractivity contribution >= 4 is 18.4 Å². The van der Waals surface area contributed by atoms with Crippen molar-refractivity contribution in [2.75, 3.05) is 26.7 Å². The van der Waals surface area contributed by atoms with Crippen LogP contribution < -0.4 is 5.73 Å².